The van der Waals surface area contributed by atoms with Crippen molar-refractivity contribution in [2.75, 3.05) is 26.1 Å². The fourth-order valence-corrected chi connectivity index (χ4v) is 1.30. The minimum Gasteiger partial charge on any atom is -0.396 e. The van der Waals surface area contributed by atoms with Gasteiger partial charge in [-0.3, -0.25) is 4.79 Å². The highest BCUT2D eigenvalue weighted by atomic mass is 35.5. The van der Waals surface area contributed by atoms with E-state index in [9.17, 15) is 4.79 Å². The van der Waals surface area contributed by atoms with E-state index < -0.39 is 0 Å². The standard InChI is InChI=1S/C10H20ClNO2/c1-12(8-3-2-4-9-13)10(14)6-5-7-11/h13H,2-9H2,1H3. The molecule has 84 valence electrons. The van der Waals surface area contributed by atoms with Crippen LogP contribution in [0.15, 0.2) is 0 Å². The maximum atomic E-state index is 11.4. The van der Waals surface area contributed by atoms with Crippen LogP contribution in [0.25, 0.3) is 0 Å². The van der Waals surface area contributed by atoms with Crippen LogP contribution in [0.4, 0.5) is 0 Å². The largest absolute Gasteiger partial charge is 0.396 e. The Labute approximate surface area is 91.0 Å². The molecule has 1 N–H and O–H groups in total. The molecule has 0 saturated carbocycles. The van der Waals surface area contributed by atoms with E-state index in [1.807, 2.05) is 7.05 Å². The van der Waals surface area contributed by atoms with Gasteiger partial charge >= 0.3 is 0 Å². The Hall–Kier alpha value is -0.280. The fraction of sp³-hybridized carbons (Fsp3) is 0.900. The third-order valence-electron chi connectivity index (χ3n) is 2.10. The molecule has 0 aliphatic carbocycles. The second kappa shape index (κ2) is 9.28. The zero-order chi connectivity index (χ0) is 10.8. The van der Waals surface area contributed by atoms with Crippen molar-refractivity contribution >= 4 is 17.5 Å². The number of carbonyl (C=O) groups excluding carboxylic acids is 1. The quantitative estimate of drug-likeness (QED) is 0.500. The van der Waals surface area contributed by atoms with Gasteiger partial charge in [0.15, 0.2) is 0 Å². The van der Waals surface area contributed by atoms with E-state index in [4.69, 9.17) is 16.7 Å². The van der Waals surface area contributed by atoms with Crippen LogP contribution >= 0.6 is 11.6 Å². The molecule has 0 unspecified atom stereocenters. The molecule has 0 spiro atoms. The lowest BCUT2D eigenvalue weighted by Crippen LogP contribution is -2.27. The number of rotatable bonds is 8. The van der Waals surface area contributed by atoms with Crippen molar-refractivity contribution in [1.29, 1.82) is 0 Å². The Balaban J connectivity index is 3.42. The first-order chi connectivity index (χ1) is 6.72. The highest BCUT2D eigenvalue weighted by molar-refractivity contribution is 6.17. The number of halogens is 1. The van der Waals surface area contributed by atoms with Crippen LogP contribution in [0.5, 0.6) is 0 Å². The number of alkyl halides is 1. The molecule has 0 fully saturated rings. The van der Waals surface area contributed by atoms with Crippen molar-refractivity contribution in [2.45, 2.75) is 32.1 Å². The van der Waals surface area contributed by atoms with Crippen LogP contribution in [0.2, 0.25) is 0 Å². The van der Waals surface area contributed by atoms with Gasteiger partial charge in [0.05, 0.1) is 0 Å². The topological polar surface area (TPSA) is 40.5 Å². The Morgan fingerprint density at radius 2 is 2.00 bits per heavy atom. The van der Waals surface area contributed by atoms with Gasteiger partial charge in [0.25, 0.3) is 0 Å². The molecular formula is C10H20ClNO2. The molecular weight excluding hydrogens is 202 g/mol. The molecule has 3 nitrogen and oxygen atoms in total. The second-order valence-electron chi connectivity index (χ2n) is 3.39. The molecule has 0 heterocycles. The van der Waals surface area contributed by atoms with E-state index in [0.29, 0.717) is 12.3 Å². The predicted octanol–water partition coefficient (Wildman–Crippen LogP) is 1.63. The Morgan fingerprint density at radius 3 is 2.57 bits per heavy atom. The third-order valence-corrected chi connectivity index (χ3v) is 2.37. The van der Waals surface area contributed by atoms with Gasteiger partial charge in [-0.05, 0) is 25.7 Å². The lowest BCUT2D eigenvalue weighted by Gasteiger charge is -2.16. The predicted molar refractivity (Wildman–Crippen MR) is 58.5 cm³/mol. The summed E-state index contributed by atoms with van der Waals surface area (Å²) in [5.74, 6) is 0.707. The minimum atomic E-state index is 0.162. The van der Waals surface area contributed by atoms with Gasteiger partial charge in [0.2, 0.25) is 5.91 Å². The van der Waals surface area contributed by atoms with Crippen LogP contribution in [0.1, 0.15) is 32.1 Å². The van der Waals surface area contributed by atoms with E-state index in [1.54, 1.807) is 4.90 Å². The Morgan fingerprint density at radius 1 is 1.29 bits per heavy atom. The van der Waals surface area contributed by atoms with Crippen molar-refractivity contribution in [3.8, 4) is 0 Å². The number of carbonyl (C=O) groups is 1. The van der Waals surface area contributed by atoms with Crippen LogP contribution in [-0.2, 0) is 4.79 Å². The van der Waals surface area contributed by atoms with E-state index >= 15 is 0 Å². The SMILES string of the molecule is CN(CCCCCO)C(=O)CCCCl. The van der Waals surface area contributed by atoms with Crippen molar-refractivity contribution in [3.05, 3.63) is 0 Å². The highest BCUT2D eigenvalue weighted by Crippen LogP contribution is 2.01. The summed E-state index contributed by atoms with van der Waals surface area (Å²) in [4.78, 5) is 13.1. The summed E-state index contributed by atoms with van der Waals surface area (Å²) in [6.07, 6.45) is 4.05. The second-order valence-corrected chi connectivity index (χ2v) is 3.77. The fourth-order valence-electron chi connectivity index (χ4n) is 1.17. The van der Waals surface area contributed by atoms with E-state index in [2.05, 4.69) is 0 Å². The molecule has 0 aromatic rings. The first-order valence-corrected chi connectivity index (χ1v) is 5.66. The number of aliphatic hydroxyl groups excluding tert-OH is 1. The molecule has 0 atom stereocenters. The molecule has 0 rings (SSSR count). The number of hydrogen-bond acceptors (Lipinski definition) is 2. The minimum absolute atomic E-state index is 0.162. The lowest BCUT2D eigenvalue weighted by atomic mass is 10.2. The lowest BCUT2D eigenvalue weighted by molar-refractivity contribution is -0.129. The number of unbranched alkanes of at least 4 members (excludes halogenated alkanes) is 2. The molecule has 4 heteroatoms. The summed E-state index contributed by atoms with van der Waals surface area (Å²) >= 11 is 5.50. The molecule has 0 bridgehead atoms. The Kier molecular flexibility index (Phi) is 9.10. The average Bonchev–Trinajstić information content (AvgIpc) is 2.20. The summed E-state index contributed by atoms with van der Waals surface area (Å²) in [6.45, 7) is 1.02. The molecule has 0 saturated heterocycles. The van der Waals surface area contributed by atoms with Crippen molar-refractivity contribution in [3.63, 3.8) is 0 Å². The van der Waals surface area contributed by atoms with E-state index in [-0.39, 0.29) is 12.5 Å². The zero-order valence-corrected chi connectivity index (χ0v) is 9.59. The van der Waals surface area contributed by atoms with Gasteiger partial charge in [-0.1, -0.05) is 0 Å². The number of amides is 1. The first-order valence-electron chi connectivity index (χ1n) is 5.13. The van der Waals surface area contributed by atoms with Gasteiger partial charge in [-0.15, -0.1) is 11.6 Å². The van der Waals surface area contributed by atoms with Gasteiger partial charge in [0.1, 0.15) is 0 Å². The molecule has 1 amide bonds. The maximum Gasteiger partial charge on any atom is 0.222 e. The zero-order valence-electron chi connectivity index (χ0n) is 8.84. The van der Waals surface area contributed by atoms with Crippen LogP contribution < -0.4 is 0 Å². The molecule has 14 heavy (non-hydrogen) atoms. The number of nitrogens with zero attached hydrogens (tertiary/aromatic N) is 1. The van der Waals surface area contributed by atoms with Gasteiger partial charge < -0.3 is 10.0 Å². The molecule has 0 aromatic heterocycles. The summed E-state index contributed by atoms with van der Waals surface area (Å²) in [6, 6.07) is 0. The van der Waals surface area contributed by atoms with Gasteiger partial charge in [-0.2, -0.15) is 0 Å². The molecule has 0 radical (unpaired) electrons. The first kappa shape index (κ1) is 13.7. The number of aliphatic hydroxyl groups is 1. The van der Waals surface area contributed by atoms with Crippen LogP contribution in [0, 0.1) is 0 Å². The van der Waals surface area contributed by atoms with Crippen molar-refractivity contribution in [1.82, 2.24) is 4.90 Å². The molecule has 0 aliphatic heterocycles. The van der Waals surface area contributed by atoms with Crippen molar-refractivity contribution in [2.24, 2.45) is 0 Å². The third kappa shape index (κ3) is 7.15. The average molecular weight is 222 g/mol. The number of hydrogen-bond donors (Lipinski definition) is 1. The summed E-state index contributed by atoms with van der Waals surface area (Å²) < 4.78 is 0. The van der Waals surface area contributed by atoms with Gasteiger partial charge in [-0.25, -0.2) is 0 Å². The van der Waals surface area contributed by atoms with E-state index in [0.717, 1.165) is 32.2 Å². The Bertz CT molecular complexity index is 153. The molecule has 0 aromatic carbocycles. The van der Waals surface area contributed by atoms with E-state index in [1.165, 1.54) is 0 Å². The molecule has 0 aliphatic rings. The van der Waals surface area contributed by atoms with Crippen LogP contribution in [0.3, 0.4) is 0 Å². The summed E-state index contributed by atoms with van der Waals surface area (Å²) in [7, 11) is 1.81. The summed E-state index contributed by atoms with van der Waals surface area (Å²) in [5.41, 5.74) is 0. The van der Waals surface area contributed by atoms with Gasteiger partial charge in [0, 0.05) is 32.5 Å². The monoisotopic (exact) mass is 221 g/mol. The maximum absolute atomic E-state index is 11.4. The highest BCUT2D eigenvalue weighted by Gasteiger charge is 2.06. The van der Waals surface area contributed by atoms with Crippen molar-refractivity contribution < 1.29 is 9.90 Å². The smallest absolute Gasteiger partial charge is 0.222 e. The summed E-state index contributed by atoms with van der Waals surface area (Å²) in [5, 5.41) is 8.56. The normalized spacial score (nSPS) is 10.2. The van der Waals surface area contributed by atoms with Crippen LogP contribution in [-0.4, -0.2) is 42.0 Å².